The fourth-order valence-corrected chi connectivity index (χ4v) is 4.84. The molecule has 0 aromatic heterocycles. The molecular formula is C23H20ClFN2O4S. The van der Waals surface area contributed by atoms with E-state index in [4.69, 9.17) is 16.3 Å². The third-order valence-electron chi connectivity index (χ3n) is 5.19. The van der Waals surface area contributed by atoms with Gasteiger partial charge in [0.2, 0.25) is 0 Å². The molecule has 0 aliphatic carbocycles. The van der Waals surface area contributed by atoms with Crippen molar-refractivity contribution in [3.63, 3.8) is 0 Å². The Hall–Kier alpha value is -3.10. The highest BCUT2D eigenvalue weighted by Crippen LogP contribution is 2.37. The Kier molecular flexibility index (Phi) is 6.08. The van der Waals surface area contributed by atoms with Gasteiger partial charge in [-0.05, 0) is 55.0 Å². The molecule has 166 valence electrons. The number of aryl methyl sites for hydroxylation is 1. The van der Waals surface area contributed by atoms with Gasteiger partial charge in [-0.15, -0.1) is 0 Å². The molecule has 1 aliphatic rings. The first kappa shape index (κ1) is 22.1. The number of carbonyl (C=O) groups excluding carboxylic acids is 1. The molecule has 0 fully saturated rings. The number of sulfonamides is 1. The minimum absolute atomic E-state index is 0.0759. The lowest BCUT2D eigenvalue weighted by Gasteiger charge is -2.27. The fourth-order valence-electron chi connectivity index (χ4n) is 3.52. The number of halogens is 2. The lowest BCUT2D eigenvalue weighted by Crippen LogP contribution is -2.32. The van der Waals surface area contributed by atoms with Gasteiger partial charge in [-0.3, -0.25) is 9.52 Å². The largest absolute Gasteiger partial charge is 0.492 e. The summed E-state index contributed by atoms with van der Waals surface area (Å²) in [5.74, 6) is -0.334. The van der Waals surface area contributed by atoms with E-state index in [0.29, 0.717) is 29.4 Å². The number of nitrogens with one attached hydrogen (secondary N) is 2. The van der Waals surface area contributed by atoms with Crippen LogP contribution in [-0.4, -0.2) is 20.9 Å². The molecule has 1 unspecified atom stereocenters. The predicted octanol–water partition coefficient (Wildman–Crippen LogP) is 4.84. The van der Waals surface area contributed by atoms with E-state index in [0.717, 1.165) is 17.7 Å². The summed E-state index contributed by atoms with van der Waals surface area (Å²) in [6.07, 6.45) is 0.558. The molecule has 32 heavy (non-hydrogen) atoms. The summed E-state index contributed by atoms with van der Waals surface area (Å²) in [6, 6.07) is 14.3. The third kappa shape index (κ3) is 4.56. The number of fused-ring (bicyclic) bond motifs is 1. The molecule has 1 amide bonds. The predicted molar refractivity (Wildman–Crippen MR) is 120 cm³/mol. The highest BCUT2D eigenvalue weighted by atomic mass is 35.5. The summed E-state index contributed by atoms with van der Waals surface area (Å²) in [4.78, 5) is 13.0. The number of hydrogen-bond donors (Lipinski definition) is 2. The molecule has 3 aromatic rings. The summed E-state index contributed by atoms with van der Waals surface area (Å²) in [5.41, 5.74) is 1.86. The molecule has 1 aliphatic heterocycles. The number of rotatable bonds is 5. The number of amides is 1. The Labute approximate surface area is 190 Å². The average molecular weight is 475 g/mol. The lowest BCUT2D eigenvalue weighted by atomic mass is 9.99. The highest BCUT2D eigenvalue weighted by Gasteiger charge is 2.26. The SMILES string of the molecule is Cc1ccc(S(=O)(=O)Nc2ccc(F)cc2)cc1C(=O)NC1CCOc2c(Cl)cccc21. The van der Waals surface area contributed by atoms with Crippen molar-refractivity contribution < 1.29 is 22.3 Å². The third-order valence-corrected chi connectivity index (χ3v) is 6.87. The van der Waals surface area contributed by atoms with E-state index in [1.807, 2.05) is 6.07 Å². The maximum atomic E-state index is 13.1. The van der Waals surface area contributed by atoms with Crippen molar-refractivity contribution in [2.24, 2.45) is 0 Å². The summed E-state index contributed by atoms with van der Waals surface area (Å²) in [7, 11) is -3.98. The molecule has 3 aromatic carbocycles. The number of anilines is 1. The van der Waals surface area contributed by atoms with E-state index in [1.165, 1.54) is 24.3 Å². The second kappa shape index (κ2) is 8.80. The van der Waals surface area contributed by atoms with Gasteiger partial charge in [0.05, 0.1) is 22.6 Å². The van der Waals surface area contributed by atoms with E-state index in [2.05, 4.69) is 10.0 Å². The summed E-state index contributed by atoms with van der Waals surface area (Å²) >= 11 is 6.20. The minimum Gasteiger partial charge on any atom is -0.492 e. The van der Waals surface area contributed by atoms with Crippen LogP contribution in [0.1, 0.15) is 33.9 Å². The summed E-state index contributed by atoms with van der Waals surface area (Å²) in [5, 5.41) is 3.43. The highest BCUT2D eigenvalue weighted by molar-refractivity contribution is 7.92. The van der Waals surface area contributed by atoms with Crippen molar-refractivity contribution in [2.75, 3.05) is 11.3 Å². The molecule has 0 bridgehead atoms. The normalized spacial score (nSPS) is 15.4. The van der Waals surface area contributed by atoms with Gasteiger partial charge < -0.3 is 10.1 Å². The summed E-state index contributed by atoms with van der Waals surface area (Å²) in [6.45, 7) is 2.13. The first-order valence-electron chi connectivity index (χ1n) is 9.86. The quantitative estimate of drug-likeness (QED) is 0.554. The number of carbonyl (C=O) groups is 1. The molecule has 0 spiro atoms. The van der Waals surface area contributed by atoms with Crippen molar-refractivity contribution in [3.05, 3.63) is 88.2 Å². The average Bonchev–Trinajstić information content (AvgIpc) is 2.76. The second-order valence-electron chi connectivity index (χ2n) is 7.41. The molecular weight excluding hydrogens is 455 g/mol. The van der Waals surface area contributed by atoms with Gasteiger partial charge in [-0.1, -0.05) is 29.8 Å². The van der Waals surface area contributed by atoms with Crippen molar-refractivity contribution in [3.8, 4) is 5.75 Å². The monoisotopic (exact) mass is 474 g/mol. The van der Waals surface area contributed by atoms with Gasteiger partial charge in [0, 0.05) is 23.2 Å². The van der Waals surface area contributed by atoms with Crippen molar-refractivity contribution in [2.45, 2.75) is 24.3 Å². The molecule has 1 heterocycles. The Morgan fingerprint density at radius 3 is 2.62 bits per heavy atom. The van der Waals surface area contributed by atoms with Gasteiger partial charge in [0.15, 0.2) is 0 Å². The van der Waals surface area contributed by atoms with Crippen molar-refractivity contribution in [1.82, 2.24) is 5.32 Å². The van der Waals surface area contributed by atoms with Gasteiger partial charge in [-0.25, -0.2) is 12.8 Å². The minimum atomic E-state index is -3.98. The molecule has 1 atom stereocenters. The van der Waals surface area contributed by atoms with E-state index < -0.39 is 21.7 Å². The fraction of sp³-hybridized carbons (Fsp3) is 0.174. The molecule has 9 heteroatoms. The Balaban J connectivity index is 1.59. The van der Waals surface area contributed by atoms with Crippen LogP contribution in [0.5, 0.6) is 5.75 Å². The lowest BCUT2D eigenvalue weighted by molar-refractivity contribution is 0.0924. The Morgan fingerprint density at radius 1 is 1.12 bits per heavy atom. The summed E-state index contributed by atoms with van der Waals surface area (Å²) < 4.78 is 46.7. The second-order valence-corrected chi connectivity index (χ2v) is 9.50. The van der Waals surface area contributed by atoms with E-state index in [9.17, 15) is 17.6 Å². The van der Waals surface area contributed by atoms with Crippen LogP contribution in [0.15, 0.2) is 65.6 Å². The van der Waals surface area contributed by atoms with Crippen molar-refractivity contribution in [1.29, 1.82) is 0 Å². The van der Waals surface area contributed by atoms with Crippen LogP contribution < -0.4 is 14.8 Å². The van der Waals surface area contributed by atoms with Crippen molar-refractivity contribution >= 4 is 33.2 Å². The van der Waals surface area contributed by atoms with E-state index >= 15 is 0 Å². The maximum absolute atomic E-state index is 13.1. The first-order valence-corrected chi connectivity index (χ1v) is 11.7. The number of hydrogen-bond acceptors (Lipinski definition) is 4. The molecule has 0 saturated heterocycles. The standard InChI is InChI=1S/C23H20ClFN2O4S/c1-14-5-10-17(32(29,30)27-16-8-6-15(25)7-9-16)13-19(14)23(28)26-21-11-12-31-22-18(21)3-2-4-20(22)24/h2-10,13,21,27H,11-12H2,1H3,(H,26,28). The molecule has 0 radical (unpaired) electrons. The van der Waals surface area contributed by atoms with E-state index in [1.54, 1.807) is 25.1 Å². The van der Waals surface area contributed by atoms with Crippen LogP contribution >= 0.6 is 11.6 Å². The number of ether oxygens (including phenoxy) is 1. The molecule has 0 saturated carbocycles. The molecule has 4 rings (SSSR count). The molecule has 6 nitrogen and oxygen atoms in total. The number of benzene rings is 3. The topological polar surface area (TPSA) is 84.5 Å². The Morgan fingerprint density at radius 2 is 1.88 bits per heavy atom. The zero-order valence-corrected chi connectivity index (χ0v) is 18.6. The van der Waals surface area contributed by atoms with Gasteiger partial charge >= 0.3 is 0 Å². The van der Waals surface area contributed by atoms with Crippen LogP contribution in [-0.2, 0) is 10.0 Å². The van der Waals surface area contributed by atoms with Gasteiger partial charge in [0.25, 0.3) is 15.9 Å². The molecule has 2 N–H and O–H groups in total. The zero-order valence-electron chi connectivity index (χ0n) is 17.1. The number of para-hydroxylation sites is 1. The van der Waals surface area contributed by atoms with E-state index in [-0.39, 0.29) is 22.2 Å². The van der Waals surface area contributed by atoms with Crippen LogP contribution in [0.2, 0.25) is 5.02 Å². The van der Waals surface area contributed by atoms with Crippen LogP contribution in [0, 0.1) is 12.7 Å². The van der Waals surface area contributed by atoms with Crippen LogP contribution in [0.3, 0.4) is 0 Å². The zero-order chi connectivity index (χ0) is 22.9. The van der Waals surface area contributed by atoms with Gasteiger partial charge in [0.1, 0.15) is 11.6 Å². The van der Waals surface area contributed by atoms with Crippen LogP contribution in [0.4, 0.5) is 10.1 Å². The smallest absolute Gasteiger partial charge is 0.261 e. The van der Waals surface area contributed by atoms with Crippen LogP contribution in [0.25, 0.3) is 0 Å². The first-order chi connectivity index (χ1) is 15.2. The Bertz CT molecular complexity index is 1280. The maximum Gasteiger partial charge on any atom is 0.261 e. The van der Waals surface area contributed by atoms with Gasteiger partial charge in [-0.2, -0.15) is 0 Å².